The highest BCUT2D eigenvalue weighted by molar-refractivity contribution is 5.80. The highest BCUT2D eigenvalue weighted by atomic mass is 16.1. The van der Waals surface area contributed by atoms with Crippen molar-refractivity contribution >= 4 is 17.8 Å². The van der Waals surface area contributed by atoms with Gasteiger partial charge in [0.15, 0.2) is 0 Å². The van der Waals surface area contributed by atoms with E-state index in [1.54, 1.807) is 18.5 Å². The summed E-state index contributed by atoms with van der Waals surface area (Å²) in [6.45, 7) is 3.82. The molecule has 20 heavy (non-hydrogen) atoms. The molecule has 2 rings (SSSR count). The topological polar surface area (TPSA) is 124 Å². The van der Waals surface area contributed by atoms with Crippen LogP contribution in [0.5, 0.6) is 0 Å². The average Bonchev–Trinajstić information content (AvgIpc) is 2.89. The third-order valence-corrected chi connectivity index (χ3v) is 2.21. The lowest BCUT2D eigenvalue weighted by Gasteiger charge is -2.09. The van der Waals surface area contributed by atoms with Crippen molar-refractivity contribution in [2.45, 2.75) is 19.9 Å². The normalized spacial score (nSPS) is 10.6. The number of carbonyl (C=O) groups excluding carboxylic acids is 1. The van der Waals surface area contributed by atoms with Gasteiger partial charge in [0.05, 0.1) is 6.54 Å². The van der Waals surface area contributed by atoms with Crippen LogP contribution in [0.3, 0.4) is 0 Å². The number of hydrogen-bond donors (Lipinski definition) is 3. The number of carbonyl (C=O) groups is 1. The molecule has 0 spiro atoms. The Hall–Kier alpha value is -2.71. The molecule has 9 nitrogen and oxygen atoms in total. The fourth-order valence-corrected chi connectivity index (χ4v) is 1.48. The first-order valence-electron chi connectivity index (χ1n) is 6.09. The van der Waals surface area contributed by atoms with Crippen molar-refractivity contribution in [1.29, 1.82) is 0 Å². The lowest BCUT2D eigenvalue weighted by molar-refractivity contribution is -0.119. The summed E-state index contributed by atoms with van der Waals surface area (Å²) >= 11 is 0. The van der Waals surface area contributed by atoms with E-state index in [4.69, 9.17) is 5.73 Å². The summed E-state index contributed by atoms with van der Waals surface area (Å²) in [5, 5.41) is 9.55. The molecule has 0 aromatic carbocycles. The van der Waals surface area contributed by atoms with Crippen LogP contribution in [0, 0.1) is 0 Å². The molecule has 0 unspecified atom stereocenters. The summed E-state index contributed by atoms with van der Waals surface area (Å²) in [7, 11) is 0. The number of nitrogens with one attached hydrogen (secondary N) is 2. The number of rotatable bonds is 5. The summed E-state index contributed by atoms with van der Waals surface area (Å²) < 4.78 is 1.46. The molecular weight excluding hydrogens is 260 g/mol. The van der Waals surface area contributed by atoms with Crippen molar-refractivity contribution in [3.8, 4) is 5.95 Å². The Kier molecular flexibility index (Phi) is 4.08. The maximum Gasteiger partial charge on any atom is 0.257 e. The van der Waals surface area contributed by atoms with Crippen molar-refractivity contribution < 1.29 is 4.79 Å². The predicted molar refractivity (Wildman–Crippen MR) is 73.1 cm³/mol. The number of nitrogens with zero attached hydrogens (tertiary/aromatic N) is 5. The van der Waals surface area contributed by atoms with E-state index < -0.39 is 0 Å². The van der Waals surface area contributed by atoms with Crippen molar-refractivity contribution in [3.63, 3.8) is 0 Å². The first-order valence-corrected chi connectivity index (χ1v) is 6.09. The van der Waals surface area contributed by atoms with Crippen LogP contribution in [-0.4, -0.2) is 43.2 Å². The predicted octanol–water partition coefficient (Wildman–Crippen LogP) is -0.424. The summed E-state index contributed by atoms with van der Waals surface area (Å²) in [4.78, 5) is 23.6. The minimum Gasteiger partial charge on any atom is -0.368 e. The second-order valence-electron chi connectivity index (χ2n) is 4.34. The van der Waals surface area contributed by atoms with Crippen LogP contribution in [0.4, 0.5) is 11.9 Å². The lowest BCUT2D eigenvalue weighted by atomic mass is 10.4. The Morgan fingerprint density at radius 1 is 1.40 bits per heavy atom. The van der Waals surface area contributed by atoms with Crippen LogP contribution in [0.25, 0.3) is 5.95 Å². The molecule has 0 aliphatic carbocycles. The van der Waals surface area contributed by atoms with Crippen LogP contribution in [0.1, 0.15) is 13.8 Å². The fraction of sp³-hybridized carbons (Fsp3) is 0.364. The quantitative estimate of drug-likeness (QED) is 0.677. The van der Waals surface area contributed by atoms with E-state index in [1.165, 1.54) is 4.68 Å². The molecular formula is C11H16N8O. The Morgan fingerprint density at radius 3 is 2.85 bits per heavy atom. The van der Waals surface area contributed by atoms with Crippen LogP contribution in [-0.2, 0) is 4.79 Å². The number of anilines is 2. The van der Waals surface area contributed by atoms with E-state index in [1.807, 2.05) is 13.8 Å². The van der Waals surface area contributed by atoms with Crippen molar-refractivity contribution in [2.24, 2.45) is 0 Å². The molecule has 0 atom stereocenters. The molecule has 4 N–H and O–H groups in total. The van der Waals surface area contributed by atoms with Gasteiger partial charge in [0, 0.05) is 18.4 Å². The molecule has 0 aliphatic heterocycles. The van der Waals surface area contributed by atoms with Gasteiger partial charge in [-0.2, -0.15) is 20.1 Å². The Bertz CT molecular complexity index is 580. The van der Waals surface area contributed by atoms with E-state index in [-0.39, 0.29) is 36.3 Å². The first kappa shape index (κ1) is 13.7. The van der Waals surface area contributed by atoms with Crippen LogP contribution < -0.4 is 16.4 Å². The Balaban J connectivity index is 2.07. The van der Waals surface area contributed by atoms with E-state index in [0.717, 1.165) is 0 Å². The summed E-state index contributed by atoms with van der Waals surface area (Å²) in [6.07, 6.45) is 3.28. The van der Waals surface area contributed by atoms with Crippen LogP contribution in [0.2, 0.25) is 0 Å². The second kappa shape index (κ2) is 5.95. The maximum absolute atomic E-state index is 11.5. The minimum absolute atomic E-state index is 0.0530. The van der Waals surface area contributed by atoms with Crippen molar-refractivity contribution in [1.82, 2.24) is 30.0 Å². The van der Waals surface area contributed by atoms with E-state index in [2.05, 4.69) is 30.7 Å². The molecule has 0 saturated carbocycles. The zero-order valence-electron chi connectivity index (χ0n) is 11.2. The van der Waals surface area contributed by atoms with Crippen molar-refractivity contribution in [2.75, 3.05) is 17.6 Å². The molecule has 2 aromatic heterocycles. The van der Waals surface area contributed by atoms with E-state index >= 15 is 0 Å². The average molecular weight is 276 g/mol. The Morgan fingerprint density at radius 2 is 2.20 bits per heavy atom. The van der Waals surface area contributed by atoms with Gasteiger partial charge in [0.25, 0.3) is 5.95 Å². The Labute approximate surface area is 115 Å². The zero-order chi connectivity index (χ0) is 14.5. The van der Waals surface area contributed by atoms with Gasteiger partial charge in [-0.05, 0) is 19.9 Å². The third kappa shape index (κ3) is 3.64. The van der Waals surface area contributed by atoms with E-state index in [9.17, 15) is 4.79 Å². The zero-order valence-corrected chi connectivity index (χ0v) is 11.2. The SMILES string of the molecule is CC(C)NC(=O)CNc1nc(N)nc(-n2cccn2)n1. The molecule has 0 saturated heterocycles. The number of nitrogen functional groups attached to an aromatic ring is 1. The number of nitrogens with two attached hydrogens (primary N) is 1. The molecule has 2 heterocycles. The first-order chi connectivity index (χ1) is 9.54. The summed E-state index contributed by atoms with van der Waals surface area (Å²) in [5.74, 6) is 0.410. The number of amides is 1. The second-order valence-corrected chi connectivity index (χ2v) is 4.34. The van der Waals surface area contributed by atoms with Crippen LogP contribution in [0.15, 0.2) is 18.5 Å². The smallest absolute Gasteiger partial charge is 0.257 e. The van der Waals surface area contributed by atoms with Crippen molar-refractivity contribution in [3.05, 3.63) is 18.5 Å². The maximum atomic E-state index is 11.5. The monoisotopic (exact) mass is 276 g/mol. The molecule has 0 radical (unpaired) electrons. The highest BCUT2D eigenvalue weighted by Gasteiger charge is 2.08. The lowest BCUT2D eigenvalue weighted by Crippen LogP contribution is -2.35. The van der Waals surface area contributed by atoms with Gasteiger partial charge in [0.1, 0.15) is 0 Å². The van der Waals surface area contributed by atoms with Gasteiger partial charge in [0.2, 0.25) is 17.8 Å². The molecule has 1 amide bonds. The fourth-order valence-electron chi connectivity index (χ4n) is 1.48. The van der Waals surface area contributed by atoms with Gasteiger partial charge in [-0.3, -0.25) is 4.79 Å². The molecule has 106 valence electrons. The number of hydrogen-bond acceptors (Lipinski definition) is 7. The molecule has 0 fully saturated rings. The van der Waals surface area contributed by atoms with Gasteiger partial charge in [-0.25, -0.2) is 4.68 Å². The summed E-state index contributed by atoms with van der Waals surface area (Å²) in [5.41, 5.74) is 5.61. The molecule has 2 aromatic rings. The number of aromatic nitrogens is 5. The summed E-state index contributed by atoms with van der Waals surface area (Å²) in [6, 6.07) is 1.82. The molecule has 9 heteroatoms. The standard InChI is InChI=1S/C11H16N8O/c1-7(2)15-8(20)6-13-10-16-9(12)17-11(18-10)19-5-3-4-14-19/h3-5,7H,6H2,1-2H3,(H,15,20)(H3,12,13,16,17,18). The van der Waals surface area contributed by atoms with Gasteiger partial charge in [-0.1, -0.05) is 0 Å². The van der Waals surface area contributed by atoms with Gasteiger partial charge >= 0.3 is 0 Å². The highest BCUT2D eigenvalue weighted by Crippen LogP contribution is 2.05. The molecule has 0 bridgehead atoms. The largest absolute Gasteiger partial charge is 0.368 e. The molecule has 0 aliphatic rings. The minimum atomic E-state index is -0.153. The van der Waals surface area contributed by atoms with Gasteiger partial charge < -0.3 is 16.4 Å². The van der Waals surface area contributed by atoms with Crippen LogP contribution >= 0.6 is 0 Å². The van der Waals surface area contributed by atoms with Gasteiger partial charge in [-0.15, -0.1) is 0 Å². The van der Waals surface area contributed by atoms with E-state index in [0.29, 0.717) is 0 Å². The third-order valence-electron chi connectivity index (χ3n) is 2.21.